The highest BCUT2D eigenvalue weighted by Gasteiger charge is 2.68. The van der Waals surface area contributed by atoms with Crippen molar-refractivity contribution in [3.05, 3.63) is 24.3 Å². The van der Waals surface area contributed by atoms with Gasteiger partial charge in [0.25, 0.3) is 0 Å². The predicted molar refractivity (Wildman–Crippen MR) is 71.6 cm³/mol. The van der Waals surface area contributed by atoms with Crippen LogP contribution in [0.5, 0.6) is 0 Å². The van der Waals surface area contributed by atoms with E-state index in [-0.39, 0.29) is 0 Å². The van der Waals surface area contributed by atoms with Crippen molar-refractivity contribution in [1.82, 2.24) is 0 Å². The van der Waals surface area contributed by atoms with Gasteiger partial charge in [0.05, 0.1) is 0 Å². The number of rotatable bonds is 1. The third-order valence-electron chi connectivity index (χ3n) is 6.76. The zero-order chi connectivity index (χ0) is 11.5. The Bertz CT molecular complexity index is 391. The topological polar surface area (TPSA) is 0 Å². The van der Waals surface area contributed by atoms with Crippen molar-refractivity contribution in [1.29, 1.82) is 0 Å². The summed E-state index contributed by atoms with van der Waals surface area (Å²) in [6.45, 7) is 2.64. The van der Waals surface area contributed by atoms with Crippen molar-refractivity contribution in [3.63, 3.8) is 0 Å². The van der Waals surface area contributed by atoms with Gasteiger partial charge < -0.3 is 0 Å². The molecule has 4 aliphatic carbocycles. The van der Waals surface area contributed by atoms with Crippen LogP contribution in [-0.2, 0) is 0 Å². The van der Waals surface area contributed by atoms with Crippen LogP contribution >= 0.6 is 0 Å². The molecule has 0 saturated heterocycles. The molecule has 0 spiro atoms. The fourth-order valence-corrected chi connectivity index (χ4v) is 5.78. The van der Waals surface area contributed by atoms with Crippen molar-refractivity contribution >= 4 is 0 Å². The van der Waals surface area contributed by atoms with Gasteiger partial charge in [-0.1, -0.05) is 44.1 Å². The molecule has 4 aliphatic rings. The summed E-state index contributed by atoms with van der Waals surface area (Å²) in [6.07, 6.45) is 20.2. The Hall–Kier alpha value is -0.520. The lowest BCUT2D eigenvalue weighted by Gasteiger charge is -2.50. The van der Waals surface area contributed by atoms with Gasteiger partial charge in [-0.3, -0.25) is 0 Å². The van der Waals surface area contributed by atoms with E-state index in [2.05, 4.69) is 31.2 Å². The fraction of sp³-hybridized carbons (Fsp3) is 0.765. The quantitative estimate of drug-likeness (QED) is 0.609. The van der Waals surface area contributed by atoms with Gasteiger partial charge in [0.1, 0.15) is 0 Å². The van der Waals surface area contributed by atoms with Crippen LogP contribution in [-0.4, -0.2) is 0 Å². The monoisotopic (exact) mass is 228 g/mol. The molecule has 0 aromatic rings. The average Bonchev–Trinajstić information content (AvgIpc) is 2.93. The zero-order valence-electron chi connectivity index (χ0n) is 11.0. The number of allylic oxidation sites excluding steroid dienone is 4. The van der Waals surface area contributed by atoms with E-state index < -0.39 is 0 Å². The number of hydrogen-bond acceptors (Lipinski definition) is 0. The third-order valence-corrected chi connectivity index (χ3v) is 6.76. The van der Waals surface area contributed by atoms with Crippen LogP contribution in [0.2, 0.25) is 0 Å². The first-order valence-corrected chi connectivity index (χ1v) is 7.61. The minimum absolute atomic E-state index is 0.623. The van der Waals surface area contributed by atoms with Crippen molar-refractivity contribution in [2.45, 2.75) is 51.9 Å². The molecule has 0 heterocycles. The predicted octanol–water partition coefficient (Wildman–Crippen LogP) is 4.73. The Balaban J connectivity index is 1.72. The van der Waals surface area contributed by atoms with E-state index in [1.54, 1.807) is 6.42 Å². The van der Waals surface area contributed by atoms with Gasteiger partial charge >= 0.3 is 0 Å². The molecule has 5 unspecified atom stereocenters. The molecule has 0 aromatic heterocycles. The summed E-state index contributed by atoms with van der Waals surface area (Å²) >= 11 is 0. The first-order chi connectivity index (χ1) is 8.26. The van der Waals surface area contributed by atoms with E-state index in [9.17, 15) is 0 Å². The lowest BCUT2D eigenvalue weighted by molar-refractivity contribution is 0.0234. The summed E-state index contributed by atoms with van der Waals surface area (Å²) in [5.74, 6) is 2.81. The van der Waals surface area contributed by atoms with Crippen LogP contribution in [0.3, 0.4) is 0 Å². The molecule has 0 amide bonds. The van der Waals surface area contributed by atoms with E-state index in [4.69, 9.17) is 0 Å². The Morgan fingerprint density at radius 2 is 1.82 bits per heavy atom. The summed E-state index contributed by atoms with van der Waals surface area (Å²) in [5, 5.41) is 0. The second kappa shape index (κ2) is 3.28. The van der Waals surface area contributed by atoms with Crippen LogP contribution in [0.25, 0.3) is 0 Å². The van der Waals surface area contributed by atoms with Crippen molar-refractivity contribution in [2.75, 3.05) is 0 Å². The van der Waals surface area contributed by atoms with Gasteiger partial charge in [-0.05, 0) is 60.7 Å². The van der Waals surface area contributed by atoms with Gasteiger partial charge in [-0.15, -0.1) is 0 Å². The highest BCUT2D eigenvalue weighted by Crippen LogP contribution is 2.76. The van der Waals surface area contributed by atoms with Crippen LogP contribution in [0, 0.1) is 28.6 Å². The molecule has 4 rings (SSSR count). The van der Waals surface area contributed by atoms with E-state index >= 15 is 0 Å². The Labute approximate surface area is 105 Å². The molecule has 0 nitrogen and oxygen atoms in total. The molecule has 0 aliphatic heterocycles. The zero-order valence-corrected chi connectivity index (χ0v) is 11.0. The van der Waals surface area contributed by atoms with Crippen LogP contribution in [0.15, 0.2) is 24.3 Å². The molecule has 0 radical (unpaired) electrons. The molecule has 0 aromatic carbocycles. The third kappa shape index (κ3) is 1.20. The minimum Gasteiger partial charge on any atom is -0.0808 e. The van der Waals surface area contributed by atoms with Gasteiger partial charge in [-0.2, -0.15) is 0 Å². The summed E-state index contributed by atoms with van der Waals surface area (Å²) in [4.78, 5) is 0. The maximum absolute atomic E-state index is 2.64. The van der Waals surface area contributed by atoms with Gasteiger partial charge in [-0.25, -0.2) is 0 Å². The summed E-state index contributed by atoms with van der Waals surface area (Å²) in [5.41, 5.74) is 1.39. The largest absolute Gasteiger partial charge is 0.0808 e. The van der Waals surface area contributed by atoms with Crippen LogP contribution in [0.4, 0.5) is 0 Å². The maximum Gasteiger partial charge on any atom is -0.0108 e. The van der Waals surface area contributed by atoms with Crippen molar-refractivity contribution in [3.8, 4) is 0 Å². The highest BCUT2D eigenvalue weighted by molar-refractivity contribution is 5.25. The first kappa shape index (κ1) is 10.4. The van der Waals surface area contributed by atoms with Gasteiger partial charge in [0, 0.05) is 0 Å². The molecular weight excluding hydrogens is 204 g/mol. The molecule has 5 atom stereocenters. The second-order valence-electron chi connectivity index (χ2n) is 7.22. The highest BCUT2D eigenvalue weighted by atomic mass is 14.7. The first-order valence-electron chi connectivity index (χ1n) is 7.61. The van der Waals surface area contributed by atoms with E-state index in [1.807, 2.05) is 0 Å². The SMILES string of the molecule is CC1(C23CCCC2C3)CCCC2C=CC=CC21. The molecule has 3 fully saturated rings. The lowest BCUT2D eigenvalue weighted by atomic mass is 9.54. The summed E-state index contributed by atoms with van der Waals surface area (Å²) in [7, 11) is 0. The summed E-state index contributed by atoms with van der Waals surface area (Å²) < 4.78 is 0. The Kier molecular flexibility index (Phi) is 2.00. The van der Waals surface area contributed by atoms with Crippen LogP contribution in [0.1, 0.15) is 51.9 Å². The number of fused-ring (bicyclic) bond motifs is 2. The average molecular weight is 228 g/mol. The molecule has 17 heavy (non-hydrogen) atoms. The second-order valence-corrected chi connectivity index (χ2v) is 7.22. The van der Waals surface area contributed by atoms with E-state index in [0.717, 1.165) is 23.2 Å². The lowest BCUT2D eigenvalue weighted by Crippen LogP contribution is -2.43. The Morgan fingerprint density at radius 3 is 2.59 bits per heavy atom. The van der Waals surface area contributed by atoms with Crippen molar-refractivity contribution in [2.24, 2.45) is 28.6 Å². The summed E-state index contributed by atoms with van der Waals surface area (Å²) in [6, 6.07) is 0. The molecule has 3 saturated carbocycles. The molecular formula is C17H24. The smallest absolute Gasteiger partial charge is 0.0108 e. The molecule has 0 bridgehead atoms. The normalized spacial score (nSPS) is 55.5. The van der Waals surface area contributed by atoms with E-state index in [0.29, 0.717) is 5.41 Å². The standard InChI is InChI=1S/C17H24/c1-16(17-11-5-8-14(17)12-17)10-4-7-13-6-2-3-9-15(13)16/h2-3,6,9,13-15H,4-5,7-8,10-12H2,1H3. The minimum atomic E-state index is 0.623. The van der Waals surface area contributed by atoms with E-state index in [1.165, 1.54) is 38.5 Å². The molecule has 0 heteroatoms. The number of hydrogen-bond donors (Lipinski definition) is 0. The fourth-order valence-electron chi connectivity index (χ4n) is 5.78. The van der Waals surface area contributed by atoms with Gasteiger partial charge in [0.2, 0.25) is 0 Å². The van der Waals surface area contributed by atoms with Crippen molar-refractivity contribution < 1.29 is 0 Å². The maximum atomic E-state index is 2.64. The molecule has 0 N–H and O–H groups in total. The van der Waals surface area contributed by atoms with Crippen LogP contribution < -0.4 is 0 Å². The molecule has 92 valence electrons. The van der Waals surface area contributed by atoms with Gasteiger partial charge in [0.15, 0.2) is 0 Å². The Morgan fingerprint density at radius 1 is 1.00 bits per heavy atom.